The Morgan fingerprint density at radius 2 is 1.95 bits per heavy atom. The standard InChI is InChI=1S/C17H23N3O/c18-6-1-2-7-19-8-10-20(11-9-19)14-15-3-4-17-16(13-15)5-12-21-17/h3-4,13H,1-2,5,7-12,14H2. The Kier molecular flexibility index (Phi) is 4.74. The van der Waals surface area contributed by atoms with Gasteiger partial charge in [-0.3, -0.25) is 4.90 Å². The number of rotatable bonds is 5. The van der Waals surface area contributed by atoms with Gasteiger partial charge in [-0.25, -0.2) is 0 Å². The number of hydrogen-bond acceptors (Lipinski definition) is 4. The van der Waals surface area contributed by atoms with Crippen molar-refractivity contribution in [1.29, 1.82) is 5.26 Å². The third kappa shape index (κ3) is 3.75. The fourth-order valence-corrected chi connectivity index (χ4v) is 3.15. The van der Waals surface area contributed by atoms with Gasteiger partial charge in [0.2, 0.25) is 0 Å². The Morgan fingerprint density at radius 3 is 2.76 bits per heavy atom. The highest BCUT2D eigenvalue weighted by atomic mass is 16.5. The van der Waals surface area contributed by atoms with E-state index in [1.54, 1.807) is 0 Å². The van der Waals surface area contributed by atoms with Crippen LogP contribution in [0, 0.1) is 11.3 Å². The van der Waals surface area contributed by atoms with Gasteiger partial charge in [0.1, 0.15) is 5.75 Å². The van der Waals surface area contributed by atoms with Gasteiger partial charge in [-0.1, -0.05) is 12.1 Å². The lowest BCUT2D eigenvalue weighted by Crippen LogP contribution is -2.46. The zero-order valence-electron chi connectivity index (χ0n) is 12.6. The topological polar surface area (TPSA) is 39.5 Å². The molecule has 1 aromatic carbocycles. The van der Waals surface area contributed by atoms with Crippen LogP contribution in [-0.4, -0.2) is 49.1 Å². The van der Waals surface area contributed by atoms with E-state index in [2.05, 4.69) is 34.1 Å². The maximum Gasteiger partial charge on any atom is 0.122 e. The minimum Gasteiger partial charge on any atom is -0.493 e. The molecule has 0 spiro atoms. The third-order valence-corrected chi connectivity index (χ3v) is 4.39. The van der Waals surface area contributed by atoms with E-state index in [4.69, 9.17) is 10.00 Å². The summed E-state index contributed by atoms with van der Waals surface area (Å²) in [5.41, 5.74) is 2.76. The highest BCUT2D eigenvalue weighted by Crippen LogP contribution is 2.26. The number of hydrogen-bond donors (Lipinski definition) is 0. The predicted molar refractivity (Wildman–Crippen MR) is 82.2 cm³/mol. The van der Waals surface area contributed by atoms with Crippen LogP contribution in [0.25, 0.3) is 0 Å². The van der Waals surface area contributed by atoms with Crippen molar-refractivity contribution in [1.82, 2.24) is 9.80 Å². The van der Waals surface area contributed by atoms with Crippen LogP contribution in [0.3, 0.4) is 0 Å². The molecule has 3 rings (SSSR count). The molecule has 0 unspecified atom stereocenters. The summed E-state index contributed by atoms with van der Waals surface area (Å²) in [5.74, 6) is 1.07. The molecule has 1 aromatic rings. The second kappa shape index (κ2) is 6.93. The molecule has 1 fully saturated rings. The smallest absolute Gasteiger partial charge is 0.122 e. The highest BCUT2D eigenvalue weighted by Gasteiger charge is 2.18. The molecule has 4 heteroatoms. The van der Waals surface area contributed by atoms with Crippen molar-refractivity contribution in [3.05, 3.63) is 29.3 Å². The normalized spacial score (nSPS) is 19.0. The van der Waals surface area contributed by atoms with Gasteiger partial charge in [0.15, 0.2) is 0 Å². The van der Waals surface area contributed by atoms with Gasteiger partial charge in [-0.15, -0.1) is 0 Å². The molecule has 0 atom stereocenters. The number of nitrogens with zero attached hydrogens (tertiary/aromatic N) is 3. The van der Waals surface area contributed by atoms with E-state index in [0.29, 0.717) is 6.42 Å². The Morgan fingerprint density at radius 1 is 1.14 bits per heavy atom. The molecule has 112 valence electrons. The summed E-state index contributed by atoms with van der Waals surface area (Å²) in [6.07, 6.45) is 2.73. The second-order valence-electron chi connectivity index (χ2n) is 5.92. The number of fused-ring (bicyclic) bond motifs is 1. The van der Waals surface area contributed by atoms with E-state index in [-0.39, 0.29) is 0 Å². The maximum absolute atomic E-state index is 8.58. The summed E-state index contributed by atoms with van der Waals surface area (Å²) < 4.78 is 5.56. The number of unbranched alkanes of at least 4 members (excludes halogenated alkanes) is 1. The highest BCUT2D eigenvalue weighted by molar-refractivity contribution is 5.39. The van der Waals surface area contributed by atoms with Crippen LogP contribution in [0.5, 0.6) is 5.75 Å². The fourth-order valence-electron chi connectivity index (χ4n) is 3.15. The summed E-state index contributed by atoms with van der Waals surface area (Å²) in [4.78, 5) is 5.00. The molecule has 0 amide bonds. The Balaban J connectivity index is 1.46. The van der Waals surface area contributed by atoms with Crippen LogP contribution in [-0.2, 0) is 13.0 Å². The van der Waals surface area contributed by atoms with Gasteiger partial charge in [0, 0.05) is 45.6 Å². The number of piperazine rings is 1. The van der Waals surface area contributed by atoms with Gasteiger partial charge >= 0.3 is 0 Å². The quantitative estimate of drug-likeness (QED) is 0.776. The Labute approximate surface area is 126 Å². The first-order valence-electron chi connectivity index (χ1n) is 7.91. The molecule has 21 heavy (non-hydrogen) atoms. The average molecular weight is 285 g/mol. The first-order valence-corrected chi connectivity index (χ1v) is 7.91. The zero-order valence-corrected chi connectivity index (χ0v) is 12.6. The van der Waals surface area contributed by atoms with Crippen LogP contribution in [0.4, 0.5) is 0 Å². The van der Waals surface area contributed by atoms with E-state index in [1.807, 2.05) is 0 Å². The van der Waals surface area contributed by atoms with E-state index in [9.17, 15) is 0 Å². The molecule has 0 aliphatic carbocycles. The van der Waals surface area contributed by atoms with Gasteiger partial charge < -0.3 is 9.64 Å². The number of ether oxygens (including phenoxy) is 1. The summed E-state index contributed by atoms with van der Waals surface area (Å²) in [6.45, 7) is 7.44. The molecule has 0 saturated carbocycles. The van der Waals surface area contributed by atoms with Crippen molar-refractivity contribution >= 4 is 0 Å². The fraction of sp³-hybridized carbons (Fsp3) is 0.588. The number of nitriles is 1. The van der Waals surface area contributed by atoms with Crippen LogP contribution in [0.1, 0.15) is 24.0 Å². The predicted octanol–water partition coefficient (Wildman–Crippen LogP) is 2.04. The molecule has 0 bridgehead atoms. The van der Waals surface area contributed by atoms with Gasteiger partial charge in [0.25, 0.3) is 0 Å². The van der Waals surface area contributed by atoms with E-state index >= 15 is 0 Å². The van der Waals surface area contributed by atoms with Crippen molar-refractivity contribution in [2.24, 2.45) is 0 Å². The first kappa shape index (κ1) is 14.4. The van der Waals surface area contributed by atoms with E-state index in [1.165, 1.54) is 11.1 Å². The van der Waals surface area contributed by atoms with Crippen LogP contribution in [0.2, 0.25) is 0 Å². The number of benzene rings is 1. The molecule has 2 aliphatic rings. The summed E-state index contributed by atoms with van der Waals surface area (Å²) >= 11 is 0. The molecule has 4 nitrogen and oxygen atoms in total. The molecule has 0 N–H and O–H groups in total. The lowest BCUT2D eigenvalue weighted by atomic mass is 10.1. The van der Waals surface area contributed by atoms with Crippen molar-refractivity contribution in [2.45, 2.75) is 25.8 Å². The summed E-state index contributed by atoms with van der Waals surface area (Å²) in [5, 5.41) is 8.58. The van der Waals surface area contributed by atoms with E-state index in [0.717, 1.165) is 64.5 Å². The molecule has 0 radical (unpaired) electrons. The van der Waals surface area contributed by atoms with Gasteiger partial charge in [-0.05, 0) is 30.2 Å². The molecular formula is C17H23N3O. The minimum atomic E-state index is 0.678. The average Bonchev–Trinajstić information content (AvgIpc) is 2.97. The minimum absolute atomic E-state index is 0.678. The van der Waals surface area contributed by atoms with Crippen molar-refractivity contribution in [2.75, 3.05) is 39.3 Å². The van der Waals surface area contributed by atoms with Crippen LogP contribution in [0.15, 0.2) is 18.2 Å². The second-order valence-corrected chi connectivity index (χ2v) is 5.92. The Bertz CT molecular complexity index is 515. The first-order chi connectivity index (χ1) is 10.3. The van der Waals surface area contributed by atoms with Gasteiger partial charge in [-0.2, -0.15) is 5.26 Å². The van der Waals surface area contributed by atoms with Crippen LogP contribution < -0.4 is 4.74 Å². The lowest BCUT2D eigenvalue weighted by Gasteiger charge is -2.34. The molecule has 2 aliphatic heterocycles. The summed E-state index contributed by atoms with van der Waals surface area (Å²) in [7, 11) is 0. The van der Waals surface area contributed by atoms with Gasteiger partial charge in [0.05, 0.1) is 12.7 Å². The summed E-state index contributed by atoms with van der Waals surface area (Å²) in [6, 6.07) is 8.85. The van der Waals surface area contributed by atoms with E-state index < -0.39 is 0 Å². The van der Waals surface area contributed by atoms with Crippen molar-refractivity contribution < 1.29 is 4.74 Å². The zero-order chi connectivity index (χ0) is 14.5. The molecule has 0 aromatic heterocycles. The lowest BCUT2D eigenvalue weighted by molar-refractivity contribution is 0.126. The largest absolute Gasteiger partial charge is 0.493 e. The van der Waals surface area contributed by atoms with Crippen molar-refractivity contribution in [3.63, 3.8) is 0 Å². The van der Waals surface area contributed by atoms with Crippen molar-refractivity contribution in [3.8, 4) is 11.8 Å². The molecular weight excluding hydrogens is 262 g/mol. The maximum atomic E-state index is 8.58. The monoisotopic (exact) mass is 285 g/mol. The third-order valence-electron chi connectivity index (χ3n) is 4.39. The Hall–Kier alpha value is -1.57. The molecule has 1 saturated heterocycles. The molecule has 2 heterocycles. The van der Waals surface area contributed by atoms with Crippen LogP contribution >= 0.6 is 0 Å². The SMILES string of the molecule is N#CCCCN1CCN(Cc2ccc3c(c2)CCO3)CC1.